The molecule has 1 aromatic heterocycles. The molecule has 3 nitrogen and oxygen atoms in total. The number of nitrogens with two attached hydrogens (primary N) is 1. The van der Waals surface area contributed by atoms with Gasteiger partial charge < -0.3 is 10.5 Å². The van der Waals surface area contributed by atoms with E-state index in [1.165, 1.54) is 0 Å². The lowest BCUT2D eigenvalue weighted by Crippen LogP contribution is -1.99. The molecule has 0 amide bonds. The van der Waals surface area contributed by atoms with Crippen LogP contribution in [0.2, 0.25) is 0 Å². The van der Waals surface area contributed by atoms with Crippen molar-refractivity contribution < 1.29 is 4.74 Å². The molecule has 3 heteroatoms. The Bertz CT molecular complexity index is 535. The average Bonchev–Trinajstić information content (AvgIpc) is 2.38. The van der Waals surface area contributed by atoms with Crippen molar-refractivity contribution in [2.24, 2.45) is 0 Å². The van der Waals surface area contributed by atoms with Crippen molar-refractivity contribution in [1.29, 1.82) is 0 Å². The lowest BCUT2D eigenvalue weighted by molar-refractivity contribution is 0.346. The van der Waals surface area contributed by atoms with Gasteiger partial charge in [0.2, 0.25) is 5.88 Å². The first kappa shape index (κ1) is 12.2. The summed E-state index contributed by atoms with van der Waals surface area (Å²) < 4.78 is 5.56. The van der Waals surface area contributed by atoms with Gasteiger partial charge in [-0.25, -0.2) is 4.98 Å². The second-order valence-electron chi connectivity index (χ2n) is 4.01. The van der Waals surface area contributed by atoms with Gasteiger partial charge in [0.05, 0.1) is 11.9 Å². The highest BCUT2D eigenvalue weighted by molar-refractivity contribution is 5.48. The Labute approximate surface area is 107 Å². The van der Waals surface area contributed by atoms with E-state index in [-0.39, 0.29) is 0 Å². The summed E-state index contributed by atoms with van der Waals surface area (Å²) >= 11 is 0. The highest BCUT2D eigenvalue weighted by atomic mass is 16.5. The zero-order valence-electron chi connectivity index (χ0n) is 10.3. The highest BCUT2D eigenvalue weighted by Crippen LogP contribution is 2.16. The Morgan fingerprint density at radius 3 is 2.78 bits per heavy atom. The third-order valence-corrected chi connectivity index (χ3v) is 2.48. The van der Waals surface area contributed by atoms with Crippen molar-refractivity contribution in [3.05, 3.63) is 59.8 Å². The summed E-state index contributed by atoms with van der Waals surface area (Å²) in [7, 11) is 0. The van der Waals surface area contributed by atoms with Crippen LogP contribution in [0, 0.1) is 6.92 Å². The molecule has 0 aliphatic heterocycles. The third-order valence-electron chi connectivity index (χ3n) is 2.48. The van der Waals surface area contributed by atoms with Crippen LogP contribution in [-0.2, 0) is 0 Å². The second-order valence-corrected chi connectivity index (χ2v) is 4.01. The molecule has 2 N–H and O–H groups in total. The van der Waals surface area contributed by atoms with E-state index in [0.717, 1.165) is 11.1 Å². The fraction of sp³-hybridized carbons (Fsp3) is 0.133. The van der Waals surface area contributed by atoms with Gasteiger partial charge in [-0.05, 0) is 24.6 Å². The van der Waals surface area contributed by atoms with Gasteiger partial charge >= 0.3 is 0 Å². The number of hydrogen-bond donors (Lipinski definition) is 1. The molecule has 0 fully saturated rings. The van der Waals surface area contributed by atoms with Crippen molar-refractivity contribution in [2.45, 2.75) is 6.92 Å². The summed E-state index contributed by atoms with van der Waals surface area (Å²) in [5.41, 5.74) is 8.38. The highest BCUT2D eigenvalue weighted by Gasteiger charge is 1.99. The van der Waals surface area contributed by atoms with Gasteiger partial charge in [-0.15, -0.1) is 0 Å². The minimum atomic E-state index is 0.493. The van der Waals surface area contributed by atoms with Crippen LogP contribution in [0.25, 0.3) is 6.08 Å². The first-order valence-electron chi connectivity index (χ1n) is 5.82. The summed E-state index contributed by atoms with van der Waals surface area (Å²) in [6.45, 7) is 2.42. The third kappa shape index (κ3) is 3.35. The molecule has 0 aliphatic carbocycles. The fourth-order valence-electron chi connectivity index (χ4n) is 1.61. The average molecular weight is 240 g/mol. The summed E-state index contributed by atoms with van der Waals surface area (Å²) in [4.78, 5) is 4.14. The molecule has 18 heavy (non-hydrogen) atoms. The van der Waals surface area contributed by atoms with E-state index in [9.17, 15) is 0 Å². The molecule has 2 rings (SSSR count). The van der Waals surface area contributed by atoms with E-state index < -0.39 is 0 Å². The molecule has 1 aromatic carbocycles. The Balaban J connectivity index is 1.91. The van der Waals surface area contributed by atoms with E-state index in [2.05, 4.69) is 4.98 Å². The number of nitrogens with zero attached hydrogens (tertiary/aromatic N) is 1. The SMILES string of the molecule is Cc1cc(N)cnc1OC/C=C/c1ccccc1. The Kier molecular flexibility index (Phi) is 3.97. The predicted molar refractivity (Wildman–Crippen MR) is 74.4 cm³/mol. The standard InChI is InChI=1S/C15H16N2O/c1-12-10-14(16)11-17-15(12)18-9-5-8-13-6-3-2-4-7-13/h2-8,10-11H,9,16H2,1H3/b8-5+. The zero-order valence-corrected chi connectivity index (χ0v) is 10.3. The van der Waals surface area contributed by atoms with Gasteiger partial charge in [0.25, 0.3) is 0 Å². The topological polar surface area (TPSA) is 48.1 Å². The molecule has 0 atom stereocenters. The maximum Gasteiger partial charge on any atom is 0.216 e. The number of pyridine rings is 1. The molecule has 1 heterocycles. The van der Waals surface area contributed by atoms with E-state index in [1.807, 2.05) is 55.5 Å². The van der Waals surface area contributed by atoms with Crippen LogP contribution in [-0.4, -0.2) is 11.6 Å². The first-order valence-corrected chi connectivity index (χ1v) is 5.82. The Hall–Kier alpha value is -2.29. The van der Waals surface area contributed by atoms with Gasteiger partial charge in [-0.2, -0.15) is 0 Å². The smallest absolute Gasteiger partial charge is 0.216 e. The molecule has 0 radical (unpaired) electrons. The maximum absolute atomic E-state index is 5.63. The van der Waals surface area contributed by atoms with Gasteiger partial charge in [0.1, 0.15) is 6.61 Å². The number of aromatic nitrogens is 1. The van der Waals surface area contributed by atoms with Crippen LogP contribution >= 0.6 is 0 Å². The van der Waals surface area contributed by atoms with Gasteiger partial charge in [0.15, 0.2) is 0 Å². The largest absolute Gasteiger partial charge is 0.473 e. The van der Waals surface area contributed by atoms with Crippen molar-refractivity contribution >= 4 is 11.8 Å². The van der Waals surface area contributed by atoms with E-state index in [4.69, 9.17) is 10.5 Å². The minimum absolute atomic E-state index is 0.493. The first-order chi connectivity index (χ1) is 8.75. The molecule has 0 aliphatic rings. The Morgan fingerprint density at radius 1 is 1.28 bits per heavy atom. The van der Waals surface area contributed by atoms with Gasteiger partial charge in [-0.1, -0.05) is 36.4 Å². The number of benzene rings is 1. The molecule has 0 bridgehead atoms. The lowest BCUT2D eigenvalue weighted by Gasteiger charge is -2.05. The minimum Gasteiger partial charge on any atom is -0.473 e. The maximum atomic E-state index is 5.63. The van der Waals surface area contributed by atoms with Crippen LogP contribution in [0.5, 0.6) is 5.88 Å². The monoisotopic (exact) mass is 240 g/mol. The Morgan fingerprint density at radius 2 is 2.06 bits per heavy atom. The molecule has 0 saturated heterocycles. The van der Waals surface area contributed by atoms with Crippen LogP contribution in [0.4, 0.5) is 5.69 Å². The molecule has 2 aromatic rings. The quantitative estimate of drug-likeness (QED) is 0.893. The second kappa shape index (κ2) is 5.87. The number of nitrogen functional groups attached to an aromatic ring is 1. The van der Waals surface area contributed by atoms with Crippen molar-refractivity contribution in [3.8, 4) is 5.88 Å². The summed E-state index contributed by atoms with van der Waals surface area (Å²) in [6, 6.07) is 11.9. The van der Waals surface area contributed by atoms with Gasteiger partial charge in [-0.3, -0.25) is 0 Å². The number of rotatable bonds is 4. The molecular formula is C15H16N2O. The zero-order chi connectivity index (χ0) is 12.8. The number of ether oxygens (including phenoxy) is 1. The lowest BCUT2D eigenvalue weighted by atomic mass is 10.2. The van der Waals surface area contributed by atoms with E-state index in [0.29, 0.717) is 18.2 Å². The predicted octanol–water partition coefficient (Wildman–Crippen LogP) is 3.06. The fourth-order valence-corrected chi connectivity index (χ4v) is 1.61. The molecule has 0 spiro atoms. The van der Waals surface area contributed by atoms with E-state index in [1.54, 1.807) is 6.20 Å². The molecular weight excluding hydrogens is 224 g/mol. The van der Waals surface area contributed by atoms with Crippen LogP contribution in [0.15, 0.2) is 48.7 Å². The molecule has 0 saturated carbocycles. The summed E-state index contributed by atoms with van der Waals surface area (Å²) in [6.07, 6.45) is 5.59. The number of hydrogen-bond acceptors (Lipinski definition) is 3. The van der Waals surface area contributed by atoms with Crippen LogP contribution in [0.3, 0.4) is 0 Å². The summed E-state index contributed by atoms with van der Waals surface area (Å²) in [5.74, 6) is 0.627. The normalized spacial score (nSPS) is 10.7. The van der Waals surface area contributed by atoms with Crippen molar-refractivity contribution in [2.75, 3.05) is 12.3 Å². The van der Waals surface area contributed by atoms with Crippen LogP contribution < -0.4 is 10.5 Å². The number of anilines is 1. The van der Waals surface area contributed by atoms with Crippen molar-refractivity contribution in [3.63, 3.8) is 0 Å². The van der Waals surface area contributed by atoms with Crippen LogP contribution in [0.1, 0.15) is 11.1 Å². The van der Waals surface area contributed by atoms with E-state index >= 15 is 0 Å². The molecule has 92 valence electrons. The summed E-state index contributed by atoms with van der Waals surface area (Å²) in [5, 5.41) is 0. The van der Waals surface area contributed by atoms with Gasteiger partial charge in [0, 0.05) is 5.56 Å². The van der Waals surface area contributed by atoms with Crippen molar-refractivity contribution in [1.82, 2.24) is 4.98 Å². The number of aryl methyl sites for hydroxylation is 1. The molecule has 0 unspecified atom stereocenters.